The standard InChI is InChI=1S/C23H18O2SSe/c1-17-12-14-18(15-13-17)26(24,25)22-16-23(27-19-8-4-2-5-9-19)21-11-7-3-6-10-20(21)22/h2-16H,1H3. The third-order valence-corrected chi connectivity index (χ3v) is 8.47. The van der Waals surface area contributed by atoms with Gasteiger partial charge in [0.15, 0.2) is 0 Å². The molecule has 2 nitrogen and oxygen atoms in total. The molecule has 0 saturated heterocycles. The average Bonchev–Trinajstić information content (AvgIpc) is 2.85. The molecule has 2 aromatic rings. The summed E-state index contributed by atoms with van der Waals surface area (Å²) in [6.45, 7) is 1.95. The van der Waals surface area contributed by atoms with Crippen LogP contribution in [0.5, 0.6) is 0 Å². The van der Waals surface area contributed by atoms with Crippen molar-refractivity contribution in [2.24, 2.45) is 0 Å². The molecular formula is C23H18O2SSe. The first kappa shape index (κ1) is 18.0. The van der Waals surface area contributed by atoms with Crippen LogP contribution in [0.1, 0.15) is 5.56 Å². The number of hydrogen-bond acceptors (Lipinski definition) is 2. The third kappa shape index (κ3) is 3.57. The van der Waals surface area contributed by atoms with E-state index in [1.807, 2.05) is 73.7 Å². The van der Waals surface area contributed by atoms with E-state index in [9.17, 15) is 8.42 Å². The summed E-state index contributed by atoms with van der Waals surface area (Å²) in [5.41, 5.74) is 2.84. The summed E-state index contributed by atoms with van der Waals surface area (Å²) < 4.78 is 29.0. The summed E-state index contributed by atoms with van der Waals surface area (Å²) in [6, 6.07) is 28.9. The first-order valence-corrected chi connectivity index (χ1v) is 11.8. The topological polar surface area (TPSA) is 34.1 Å². The molecule has 0 aliphatic heterocycles. The van der Waals surface area contributed by atoms with Gasteiger partial charge < -0.3 is 0 Å². The Labute approximate surface area is 166 Å². The minimum absolute atomic E-state index is 0.0366. The summed E-state index contributed by atoms with van der Waals surface area (Å²) in [5.74, 6) is 0. The average molecular weight is 437 g/mol. The van der Waals surface area contributed by atoms with Gasteiger partial charge in [0.25, 0.3) is 0 Å². The predicted octanol–water partition coefficient (Wildman–Crippen LogP) is 3.59. The van der Waals surface area contributed by atoms with E-state index in [1.54, 1.807) is 12.1 Å². The maximum absolute atomic E-state index is 13.3. The van der Waals surface area contributed by atoms with Crippen molar-refractivity contribution in [3.8, 4) is 11.1 Å². The van der Waals surface area contributed by atoms with Gasteiger partial charge in [0.05, 0.1) is 0 Å². The van der Waals surface area contributed by atoms with Crippen molar-refractivity contribution in [1.29, 1.82) is 0 Å². The van der Waals surface area contributed by atoms with E-state index in [0.29, 0.717) is 9.79 Å². The number of aryl methyl sites for hydroxylation is 1. The van der Waals surface area contributed by atoms with E-state index in [1.165, 1.54) is 4.46 Å². The fourth-order valence-corrected chi connectivity index (χ4v) is 6.80. The Kier molecular flexibility index (Phi) is 4.88. The quantitative estimate of drug-likeness (QED) is 0.458. The Morgan fingerprint density at radius 2 is 1.30 bits per heavy atom. The Balaban J connectivity index is 1.87. The van der Waals surface area contributed by atoms with Gasteiger partial charge in [-0.2, -0.15) is 0 Å². The van der Waals surface area contributed by atoms with Gasteiger partial charge in [-0.15, -0.1) is 0 Å². The van der Waals surface area contributed by atoms with Crippen LogP contribution >= 0.6 is 0 Å². The summed E-state index contributed by atoms with van der Waals surface area (Å²) in [6.07, 6.45) is 0. The fraction of sp³-hybridized carbons (Fsp3) is 0.0435. The molecule has 0 saturated carbocycles. The molecule has 2 aliphatic rings. The molecule has 0 heterocycles. The Morgan fingerprint density at radius 3 is 1.96 bits per heavy atom. The van der Waals surface area contributed by atoms with Crippen molar-refractivity contribution in [3.63, 3.8) is 0 Å². The van der Waals surface area contributed by atoms with Crippen molar-refractivity contribution >= 4 is 33.7 Å². The second-order valence-corrected chi connectivity index (χ2v) is 10.6. The van der Waals surface area contributed by atoms with E-state index >= 15 is 0 Å². The van der Waals surface area contributed by atoms with Crippen LogP contribution in [-0.2, 0) is 9.84 Å². The number of benzene rings is 2. The number of hydrogen-bond donors (Lipinski definition) is 0. The van der Waals surface area contributed by atoms with Crippen LogP contribution in [0.25, 0.3) is 11.1 Å². The minimum atomic E-state index is -3.57. The first-order chi connectivity index (χ1) is 13.1. The zero-order valence-electron chi connectivity index (χ0n) is 14.8. The molecule has 0 atom stereocenters. The number of sulfone groups is 1. The SMILES string of the molecule is Cc1ccc(S(=O)(=O)c2cc([Se]c3ccccc3)c3cccccc2-3)cc1. The molecule has 0 radical (unpaired) electrons. The zero-order chi connectivity index (χ0) is 18.9. The summed E-state index contributed by atoms with van der Waals surface area (Å²) in [4.78, 5) is 0.732. The van der Waals surface area contributed by atoms with E-state index in [2.05, 4.69) is 12.1 Å². The van der Waals surface area contributed by atoms with Crippen LogP contribution in [0.4, 0.5) is 0 Å². The molecular weight excluding hydrogens is 419 g/mol. The Morgan fingerprint density at radius 1 is 0.704 bits per heavy atom. The third-order valence-electron chi connectivity index (χ3n) is 4.42. The maximum atomic E-state index is 13.3. The molecule has 0 spiro atoms. The van der Waals surface area contributed by atoms with Gasteiger partial charge in [0, 0.05) is 0 Å². The predicted molar refractivity (Wildman–Crippen MR) is 111 cm³/mol. The van der Waals surface area contributed by atoms with Crippen LogP contribution in [0.2, 0.25) is 0 Å². The molecule has 4 heteroatoms. The van der Waals surface area contributed by atoms with Crippen LogP contribution in [-0.4, -0.2) is 23.4 Å². The molecule has 2 aliphatic carbocycles. The summed E-state index contributed by atoms with van der Waals surface area (Å²) >= 11 is 0.0366. The zero-order valence-corrected chi connectivity index (χ0v) is 17.3. The van der Waals surface area contributed by atoms with E-state index in [-0.39, 0.29) is 15.0 Å². The van der Waals surface area contributed by atoms with E-state index in [4.69, 9.17) is 0 Å². The van der Waals surface area contributed by atoms with Crippen LogP contribution in [0, 0.1) is 6.92 Å². The van der Waals surface area contributed by atoms with Crippen LogP contribution < -0.4 is 8.92 Å². The molecule has 0 bridgehead atoms. The second kappa shape index (κ2) is 7.32. The molecule has 0 unspecified atom stereocenters. The Hall–Kier alpha value is -2.39. The van der Waals surface area contributed by atoms with Crippen LogP contribution in [0.15, 0.2) is 101 Å². The molecule has 2 aromatic carbocycles. The van der Waals surface area contributed by atoms with Gasteiger partial charge in [-0.3, -0.25) is 0 Å². The molecule has 27 heavy (non-hydrogen) atoms. The van der Waals surface area contributed by atoms with Crippen LogP contribution in [0.3, 0.4) is 0 Å². The van der Waals surface area contributed by atoms with Gasteiger partial charge in [0.1, 0.15) is 0 Å². The van der Waals surface area contributed by atoms with Gasteiger partial charge in [-0.05, 0) is 0 Å². The van der Waals surface area contributed by atoms with Gasteiger partial charge >= 0.3 is 167 Å². The first-order valence-electron chi connectivity index (χ1n) is 8.62. The number of rotatable bonds is 4. The van der Waals surface area contributed by atoms with Gasteiger partial charge in [0.2, 0.25) is 0 Å². The molecule has 0 amide bonds. The molecule has 0 fully saturated rings. The molecule has 4 rings (SSSR count). The summed E-state index contributed by atoms with van der Waals surface area (Å²) in [5, 5.41) is 0. The fourth-order valence-electron chi connectivity index (χ4n) is 3.02. The van der Waals surface area contributed by atoms with E-state index < -0.39 is 9.84 Å². The van der Waals surface area contributed by atoms with Crippen molar-refractivity contribution in [2.45, 2.75) is 16.7 Å². The van der Waals surface area contributed by atoms with Crippen molar-refractivity contribution < 1.29 is 8.42 Å². The molecule has 0 N–H and O–H groups in total. The van der Waals surface area contributed by atoms with Crippen molar-refractivity contribution in [1.82, 2.24) is 0 Å². The Bertz CT molecular complexity index is 1150. The molecule has 134 valence electrons. The molecule has 0 aromatic heterocycles. The van der Waals surface area contributed by atoms with E-state index in [0.717, 1.165) is 21.2 Å². The second-order valence-electron chi connectivity index (χ2n) is 6.34. The summed E-state index contributed by atoms with van der Waals surface area (Å²) in [7, 11) is -3.57. The number of fused-ring (bicyclic) bond motifs is 1. The normalized spacial score (nSPS) is 11.6. The van der Waals surface area contributed by atoms with Crippen molar-refractivity contribution in [2.75, 3.05) is 0 Å². The van der Waals surface area contributed by atoms with Crippen molar-refractivity contribution in [3.05, 3.63) is 96.6 Å². The monoisotopic (exact) mass is 438 g/mol. The van der Waals surface area contributed by atoms with Gasteiger partial charge in [-0.1, -0.05) is 0 Å². The van der Waals surface area contributed by atoms with Gasteiger partial charge in [-0.25, -0.2) is 0 Å².